The van der Waals surface area contributed by atoms with Crippen LogP contribution in [0.1, 0.15) is 36.9 Å². The predicted molar refractivity (Wildman–Crippen MR) is 139 cm³/mol. The van der Waals surface area contributed by atoms with Gasteiger partial charge in [-0.25, -0.2) is 9.97 Å². The molecule has 0 atom stereocenters. The van der Waals surface area contributed by atoms with E-state index in [0.717, 1.165) is 39.5 Å². The van der Waals surface area contributed by atoms with Crippen molar-refractivity contribution in [3.05, 3.63) is 82.1 Å². The fourth-order valence-electron chi connectivity index (χ4n) is 4.52. The van der Waals surface area contributed by atoms with Gasteiger partial charge in [-0.15, -0.1) is 11.3 Å². The van der Waals surface area contributed by atoms with Crippen LogP contribution in [0.2, 0.25) is 0 Å². The van der Waals surface area contributed by atoms with E-state index >= 15 is 0 Å². The van der Waals surface area contributed by atoms with Crippen LogP contribution < -0.4 is 5.32 Å². The zero-order valence-corrected chi connectivity index (χ0v) is 19.8. The van der Waals surface area contributed by atoms with E-state index in [4.69, 9.17) is 9.97 Å². The highest BCUT2D eigenvalue weighted by molar-refractivity contribution is 7.17. The van der Waals surface area contributed by atoms with Crippen LogP contribution in [0.5, 0.6) is 0 Å². The van der Waals surface area contributed by atoms with E-state index in [-0.39, 0.29) is 0 Å². The molecule has 1 N–H and O–H groups in total. The Morgan fingerprint density at radius 3 is 2.58 bits per heavy atom. The van der Waals surface area contributed by atoms with E-state index in [1.54, 1.807) is 22.7 Å². The minimum absolute atomic E-state index is 0.517. The lowest BCUT2D eigenvalue weighted by atomic mass is 10.0. The maximum atomic E-state index is 4.96. The van der Waals surface area contributed by atoms with Gasteiger partial charge in [-0.1, -0.05) is 37.1 Å². The summed E-state index contributed by atoms with van der Waals surface area (Å²) in [7, 11) is 0. The highest BCUT2D eigenvalue weighted by Crippen LogP contribution is 2.32. The van der Waals surface area contributed by atoms with Gasteiger partial charge in [0.25, 0.3) is 0 Å². The molecule has 0 bridgehead atoms. The molecule has 0 aliphatic heterocycles. The molecule has 164 valence electrons. The number of aromatic nitrogens is 3. The summed E-state index contributed by atoms with van der Waals surface area (Å²) in [5, 5.41) is 10.1. The SMILES string of the molecule is c1cc(-c2nc(NC3CCCC3)c3sccc3n2)cc(Cc2ccc(-c3ccsc3)cc2)n1. The molecule has 4 aromatic heterocycles. The Labute approximate surface area is 201 Å². The molecule has 1 aliphatic carbocycles. The van der Waals surface area contributed by atoms with Gasteiger partial charge in [-0.05, 0) is 69.9 Å². The first-order valence-electron chi connectivity index (χ1n) is 11.4. The van der Waals surface area contributed by atoms with Crippen LogP contribution in [-0.2, 0) is 6.42 Å². The lowest BCUT2D eigenvalue weighted by Crippen LogP contribution is -2.16. The van der Waals surface area contributed by atoms with E-state index in [2.05, 4.69) is 68.9 Å². The number of thiophene rings is 2. The van der Waals surface area contributed by atoms with E-state index in [9.17, 15) is 0 Å². The summed E-state index contributed by atoms with van der Waals surface area (Å²) < 4.78 is 1.14. The summed E-state index contributed by atoms with van der Waals surface area (Å²) in [5.74, 6) is 1.73. The standard InChI is InChI=1S/C27H24N4S2/c1-2-4-22(3-1)29-27-25-24(11-14-33-25)30-26(31-27)20-9-12-28-23(16-20)15-18-5-7-19(8-6-18)21-10-13-32-17-21/h5-14,16-17,22H,1-4,15H2,(H,29,30,31). The fourth-order valence-corrected chi connectivity index (χ4v) is 5.97. The normalized spacial score (nSPS) is 14.2. The number of benzene rings is 1. The molecular formula is C27H24N4S2. The van der Waals surface area contributed by atoms with Gasteiger partial charge in [-0.2, -0.15) is 11.3 Å². The zero-order valence-electron chi connectivity index (χ0n) is 18.2. The average molecular weight is 469 g/mol. The quantitative estimate of drug-likeness (QED) is 0.282. The summed E-state index contributed by atoms with van der Waals surface area (Å²) in [4.78, 5) is 14.4. The number of fused-ring (bicyclic) bond motifs is 1. The minimum Gasteiger partial charge on any atom is -0.366 e. The third-order valence-electron chi connectivity index (χ3n) is 6.27. The largest absolute Gasteiger partial charge is 0.366 e. The first-order valence-corrected chi connectivity index (χ1v) is 13.2. The van der Waals surface area contributed by atoms with Crippen LogP contribution in [0.15, 0.2) is 70.9 Å². The van der Waals surface area contributed by atoms with Crippen LogP contribution in [-0.4, -0.2) is 21.0 Å². The summed E-state index contributed by atoms with van der Waals surface area (Å²) in [5.41, 5.74) is 6.81. The average Bonchev–Trinajstić information content (AvgIpc) is 3.62. The Bertz CT molecular complexity index is 1370. The lowest BCUT2D eigenvalue weighted by Gasteiger charge is -2.14. The van der Waals surface area contributed by atoms with Crippen molar-refractivity contribution in [3.8, 4) is 22.5 Å². The third-order valence-corrected chi connectivity index (χ3v) is 7.86. The Morgan fingerprint density at radius 1 is 0.879 bits per heavy atom. The molecule has 6 heteroatoms. The topological polar surface area (TPSA) is 50.7 Å². The van der Waals surface area contributed by atoms with Crippen molar-refractivity contribution < 1.29 is 0 Å². The molecule has 4 heterocycles. The Hall–Kier alpha value is -3.09. The highest BCUT2D eigenvalue weighted by atomic mass is 32.1. The van der Waals surface area contributed by atoms with Gasteiger partial charge in [0.05, 0.1) is 10.2 Å². The Kier molecular flexibility index (Phi) is 5.62. The number of nitrogens with zero attached hydrogens (tertiary/aromatic N) is 3. The van der Waals surface area contributed by atoms with Crippen LogP contribution in [0.25, 0.3) is 32.7 Å². The van der Waals surface area contributed by atoms with Gasteiger partial charge in [-0.3, -0.25) is 4.98 Å². The third kappa shape index (κ3) is 4.41. The monoisotopic (exact) mass is 468 g/mol. The molecule has 0 amide bonds. The van der Waals surface area contributed by atoms with Crippen molar-refractivity contribution in [3.63, 3.8) is 0 Å². The predicted octanol–water partition coefficient (Wildman–Crippen LogP) is 7.43. The number of rotatable bonds is 6. The number of pyridine rings is 1. The molecular weight excluding hydrogens is 444 g/mol. The molecule has 1 fully saturated rings. The maximum absolute atomic E-state index is 4.96. The summed E-state index contributed by atoms with van der Waals surface area (Å²) in [6.45, 7) is 0. The molecule has 5 aromatic rings. The van der Waals surface area contributed by atoms with E-state index in [1.165, 1.54) is 42.4 Å². The molecule has 0 radical (unpaired) electrons. The smallest absolute Gasteiger partial charge is 0.162 e. The highest BCUT2D eigenvalue weighted by Gasteiger charge is 2.18. The van der Waals surface area contributed by atoms with Crippen molar-refractivity contribution >= 4 is 38.7 Å². The molecule has 33 heavy (non-hydrogen) atoms. The van der Waals surface area contributed by atoms with Crippen molar-refractivity contribution in [1.29, 1.82) is 0 Å². The minimum atomic E-state index is 0.517. The van der Waals surface area contributed by atoms with Crippen molar-refractivity contribution in [2.75, 3.05) is 5.32 Å². The van der Waals surface area contributed by atoms with Gasteiger partial charge < -0.3 is 5.32 Å². The van der Waals surface area contributed by atoms with Gasteiger partial charge in [0, 0.05) is 29.9 Å². The second-order valence-corrected chi connectivity index (χ2v) is 10.3. The van der Waals surface area contributed by atoms with Crippen LogP contribution in [0, 0.1) is 0 Å². The second-order valence-electron chi connectivity index (χ2n) is 8.58. The maximum Gasteiger partial charge on any atom is 0.162 e. The van der Waals surface area contributed by atoms with E-state index < -0.39 is 0 Å². The van der Waals surface area contributed by atoms with Gasteiger partial charge in [0.15, 0.2) is 5.82 Å². The summed E-state index contributed by atoms with van der Waals surface area (Å²) in [6, 6.07) is 17.7. The van der Waals surface area contributed by atoms with Crippen LogP contribution in [0.3, 0.4) is 0 Å². The number of hydrogen-bond acceptors (Lipinski definition) is 6. The number of nitrogens with one attached hydrogen (secondary N) is 1. The molecule has 0 unspecified atom stereocenters. The molecule has 6 rings (SSSR count). The zero-order chi connectivity index (χ0) is 22.0. The Morgan fingerprint density at radius 2 is 1.76 bits per heavy atom. The van der Waals surface area contributed by atoms with E-state index in [0.29, 0.717) is 6.04 Å². The van der Waals surface area contributed by atoms with Gasteiger partial charge >= 0.3 is 0 Å². The van der Waals surface area contributed by atoms with Gasteiger partial charge in [0.2, 0.25) is 0 Å². The summed E-state index contributed by atoms with van der Waals surface area (Å²) in [6.07, 6.45) is 7.69. The molecule has 1 aliphatic rings. The fraction of sp³-hybridized carbons (Fsp3) is 0.222. The number of anilines is 1. The molecule has 1 aromatic carbocycles. The second kappa shape index (κ2) is 9.04. The van der Waals surface area contributed by atoms with Crippen molar-refractivity contribution in [2.24, 2.45) is 0 Å². The van der Waals surface area contributed by atoms with E-state index in [1.807, 2.05) is 12.3 Å². The van der Waals surface area contributed by atoms with Crippen LogP contribution >= 0.6 is 22.7 Å². The van der Waals surface area contributed by atoms with Gasteiger partial charge in [0.1, 0.15) is 5.82 Å². The summed E-state index contributed by atoms with van der Waals surface area (Å²) >= 11 is 3.43. The van der Waals surface area contributed by atoms with Crippen molar-refractivity contribution in [1.82, 2.24) is 15.0 Å². The Balaban J connectivity index is 1.27. The lowest BCUT2D eigenvalue weighted by molar-refractivity contribution is 0.752. The first kappa shape index (κ1) is 20.5. The van der Waals surface area contributed by atoms with Crippen LogP contribution in [0.4, 0.5) is 5.82 Å². The van der Waals surface area contributed by atoms with Crippen molar-refractivity contribution in [2.45, 2.75) is 38.1 Å². The molecule has 0 spiro atoms. The molecule has 1 saturated carbocycles. The first-order chi connectivity index (χ1) is 16.3. The number of hydrogen-bond donors (Lipinski definition) is 1. The molecule has 0 saturated heterocycles. The molecule has 4 nitrogen and oxygen atoms in total.